The maximum Gasteiger partial charge on any atom is 0.305 e. The number of amides is 3. The van der Waals surface area contributed by atoms with Gasteiger partial charge in [0.2, 0.25) is 17.7 Å². The predicted octanol–water partition coefficient (Wildman–Crippen LogP) is 1.00. The molecule has 1 heterocycles. The van der Waals surface area contributed by atoms with Crippen LogP contribution in [0.15, 0.2) is 36.9 Å². The average Bonchev–Trinajstić information content (AvgIpc) is 3.34. The summed E-state index contributed by atoms with van der Waals surface area (Å²) in [6.07, 6.45) is 0.774. The molecule has 0 spiro atoms. The van der Waals surface area contributed by atoms with Gasteiger partial charge in [0.05, 0.1) is 31.2 Å². The maximum atomic E-state index is 13.9. The third-order valence-corrected chi connectivity index (χ3v) is 6.87. The van der Waals surface area contributed by atoms with Crippen molar-refractivity contribution in [2.24, 2.45) is 11.8 Å². The van der Waals surface area contributed by atoms with Crippen molar-refractivity contribution in [3.05, 3.63) is 42.5 Å². The molecular formula is C29H39N3O9. The molecule has 0 radical (unpaired) electrons. The van der Waals surface area contributed by atoms with Crippen LogP contribution in [0.25, 0.3) is 0 Å². The number of hydrogen-bond acceptors (Lipinski definition) is 8. The minimum absolute atomic E-state index is 0.0511. The zero-order valence-electron chi connectivity index (χ0n) is 23.6. The molecule has 1 aromatic carbocycles. The largest absolute Gasteiger partial charge is 0.508 e. The fourth-order valence-electron chi connectivity index (χ4n) is 4.75. The van der Waals surface area contributed by atoms with Crippen LogP contribution in [0.5, 0.6) is 5.75 Å². The summed E-state index contributed by atoms with van der Waals surface area (Å²) in [5.41, 5.74) is 0.701. The van der Waals surface area contributed by atoms with Crippen LogP contribution in [0.1, 0.15) is 45.6 Å². The van der Waals surface area contributed by atoms with E-state index < -0.39 is 60.3 Å². The van der Waals surface area contributed by atoms with Gasteiger partial charge in [-0.15, -0.1) is 6.58 Å². The van der Waals surface area contributed by atoms with Crippen LogP contribution in [0.3, 0.4) is 0 Å². The Bertz CT molecular complexity index is 1120. The Labute approximate surface area is 239 Å². The van der Waals surface area contributed by atoms with Crippen LogP contribution in [0.2, 0.25) is 0 Å². The normalized spacial score (nSPS) is 18.7. The van der Waals surface area contributed by atoms with Crippen molar-refractivity contribution in [3.63, 3.8) is 0 Å². The number of aliphatic carboxylic acids is 1. The van der Waals surface area contributed by atoms with Crippen molar-refractivity contribution in [2.75, 3.05) is 13.2 Å². The molecule has 1 aromatic rings. The number of rotatable bonds is 16. The van der Waals surface area contributed by atoms with E-state index in [1.54, 1.807) is 26.0 Å². The highest BCUT2D eigenvalue weighted by Gasteiger charge is 2.44. The maximum absolute atomic E-state index is 13.9. The molecule has 4 N–H and O–H groups in total. The quantitative estimate of drug-likeness (QED) is 0.166. The van der Waals surface area contributed by atoms with Crippen molar-refractivity contribution in [3.8, 4) is 5.75 Å². The molecule has 224 valence electrons. The lowest BCUT2D eigenvalue weighted by Gasteiger charge is -2.31. The molecule has 41 heavy (non-hydrogen) atoms. The van der Waals surface area contributed by atoms with Crippen molar-refractivity contribution < 1.29 is 43.7 Å². The highest BCUT2D eigenvalue weighted by Crippen LogP contribution is 2.28. The van der Waals surface area contributed by atoms with Crippen LogP contribution in [0, 0.1) is 11.8 Å². The van der Waals surface area contributed by atoms with Gasteiger partial charge < -0.3 is 35.3 Å². The molecule has 0 bridgehead atoms. The number of carbonyl (C=O) groups excluding carboxylic acids is 5. The molecule has 0 aliphatic carbocycles. The van der Waals surface area contributed by atoms with E-state index in [0.29, 0.717) is 11.8 Å². The number of benzene rings is 1. The molecule has 0 aromatic heterocycles. The number of carboxylic acid groups (broad SMARTS) is 1. The van der Waals surface area contributed by atoms with Gasteiger partial charge in [0, 0.05) is 32.2 Å². The van der Waals surface area contributed by atoms with Gasteiger partial charge in [-0.05, 0) is 30.0 Å². The highest BCUT2D eigenvalue weighted by molar-refractivity contribution is 5.95. The lowest BCUT2D eigenvalue weighted by Crippen LogP contribution is -2.52. The molecule has 1 saturated heterocycles. The molecule has 5 atom stereocenters. The number of nitrogens with one attached hydrogen (secondary N) is 2. The second-order valence-electron chi connectivity index (χ2n) is 10.5. The average molecular weight is 574 g/mol. The number of Topliss-reactive ketones (excluding diaryl/α,β-unsaturated/α-hetero) is 1. The first-order chi connectivity index (χ1) is 19.4. The number of likely N-dealkylation sites (tertiary alicyclic amines) is 1. The van der Waals surface area contributed by atoms with E-state index in [4.69, 9.17) is 9.84 Å². The Morgan fingerprint density at radius 1 is 1.12 bits per heavy atom. The SMILES string of the molecule is C=CCO[C@@H]1CC(C(=O)N[C@H](C=O)CC(=O)O)N(C(=O)[C@@H](CC(=O)[C@H](Cc2ccc(O)cc2)NC(C)=O)C(C)C)C1. The Kier molecular flexibility index (Phi) is 12.7. The number of ether oxygens (including phenoxy) is 1. The fraction of sp³-hybridized carbons (Fsp3) is 0.517. The number of carboxylic acids is 1. The molecule has 0 saturated carbocycles. The molecular weight excluding hydrogens is 534 g/mol. The number of carbonyl (C=O) groups is 6. The first kappa shape index (κ1) is 33.1. The predicted molar refractivity (Wildman–Crippen MR) is 148 cm³/mol. The smallest absolute Gasteiger partial charge is 0.305 e. The Hall–Kier alpha value is -4.06. The Morgan fingerprint density at radius 3 is 2.32 bits per heavy atom. The lowest BCUT2D eigenvalue weighted by molar-refractivity contribution is -0.145. The molecule has 1 fully saturated rings. The fourth-order valence-corrected chi connectivity index (χ4v) is 4.75. The first-order valence-electron chi connectivity index (χ1n) is 13.4. The van der Waals surface area contributed by atoms with Gasteiger partial charge in [-0.2, -0.15) is 0 Å². The molecule has 12 heteroatoms. The first-order valence-corrected chi connectivity index (χ1v) is 13.4. The summed E-state index contributed by atoms with van der Waals surface area (Å²) in [4.78, 5) is 76.1. The topological polar surface area (TPSA) is 179 Å². The molecule has 1 aliphatic rings. The number of aldehydes is 1. The van der Waals surface area contributed by atoms with Gasteiger partial charge in [-0.25, -0.2) is 0 Å². The summed E-state index contributed by atoms with van der Waals surface area (Å²) in [7, 11) is 0. The zero-order chi connectivity index (χ0) is 30.7. The van der Waals surface area contributed by atoms with E-state index in [1.807, 2.05) is 0 Å². The molecule has 12 nitrogen and oxygen atoms in total. The van der Waals surface area contributed by atoms with Gasteiger partial charge in [0.15, 0.2) is 5.78 Å². The number of aromatic hydroxyl groups is 1. The molecule has 3 amide bonds. The molecule has 2 rings (SSSR count). The van der Waals surface area contributed by atoms with Gasteiger partial charge in [0.1, 0.15) is 18.1 Å². The van der Waals surface area contributed by atoms with Crippen molar-refractivity contribution >= 4 is 35.8 Å². The Morgan fingerprint density at radius 2 is 1.78 bits per heavy atom. The van der Waals surface area contributed by atoms with Crippen LogP contribution < -0.4 is 10.6 Å². The summed E-state index contributed by atoms with van der Waals surface area (Å²) < 4.78 is 5.70. The van der Waals surface area contributed by atoms with Crippen LogP contribution >= 0.6 is 0 Å². The van der Waals surface area contributed by atoms with E-state index in [2.05, 4.69) is 17.2 Å². The number of ketones is 1. The van der Waals surface area contributed by atoms with Gasteiger partial charge in [0.25, 0.3) is 0 Å². The van der Waals surface area contributed by atoms with E-state index in [1.165, 1.54) is 30.0 Å². The highest BCUT2D eigenvalue weighted by atomic mass is 16.5. The van der Waals surface area contributed by atoms with Crippen molar-refractivity contribution in [1.82, 2.24) is 15.5 Å². The summed E-state index contributed by atoms with van der Waals surface area (Å²) in [6.45, 7) is 8.67. The number of phenols is 1. The molecule has 1 unspecified atom stereocenters. The molecule has 1 aliphatic heterocycles. The van der Waals surface area contributed by atoms with Crippen LogP contribution in [-0.2, 0) is 39.9 Å². The van der Waals surface area contributed by atoms with Crippen molar-refractivity contribution in [2.45, 2.75) is 70.7 Å². The van der Waals surface area contributed by atoms with E-state index in [-0.39, 0.29) is 49.9 Å². The number of hydrogen-bond donors (Lipinski definition) is 4. The van der Waals surface area contributed by atoms with Gasteiger partial charge >= 0.3 is 5.97 Å². The van der Waals surface area contributed by atoms with Gasteiger partial charge in [-0.1, -0.05) is 32.1 Å². The summed E-state index contributed by atoms with van der Waals surface area (Å²) in [6, 6.07) is 2.98. The minimum Gasteiger partial charge on any atom is -0.508 e. The van der Waals surface area contributed by atoms with Crippen molar-refractivity contribution in [1.29, 1.82) is 0 Å². The van der Waals surface area contributed by atoms with Gasteiger partial charge in [-0.3, -0.25) is 24.0 Å². The van der Waals surface area contributed by atoms with Crippen LogP contribution in [-0.4, -0.2) is 88.3 Å². The summed E-state index contributed by atoms with van der Waals surface area (Å²) >= 11 is 0. The Balaban J connectivity index is 2.28. The zero-order valence-corrected chi connectivity index (χ0v) is 23.6. The summed E-state index contributed by atoms with van der Waals surface area (Å²) in [5.74, 6) is -4.32. The van der Waals surface area contributed by atoms with E-state index in [9.17, 15) is 33.9 Å². The minimum atomic E-state index is -1.27. The second-order valence-corrected chi connectivity index (χ2v) is 10.5. The van der Waals surface area contributed by atoms with E-state index in [0.717, 1.165) is 0 Å². The third-order valence-electron chi connectivity index (χ3n) is 6.87. The number of phenolic OH excluding ortho intramolecular Hbond substituents is 1. The monoisotopic (exact) mass is 573 g/mol. The standard InChI is InChI=1S/C29H39N3O9/c1-5-10-41-22-13-25(28(39)31-20(16-33)12-27(37)38)32(15-22)29(40)23(17(2)3)14-26(36)24(30-18(4)34)11-19-6-8-21(35)9-7-19/h5-9,16-17,20,22-25,35H,1,10-15H2,2-4H3,(H,30,34)(H,31,39)(H,37,38)/t20-,22+,23-,24-,25?/m0/s1. The van der Waals surface area contributed by atoms with E-state index >= 15 is 0 Å². The third kappa shape index (κ3) is 10.1. The summed E-state index contributed by atoms with van der Waals surface area (Å²) in [5, 5.41) is 23.6. The second kappa shape index (κ2) is 15.7. The lowest BCUT2D eigenvalue weighted by atomic mass is 9.86. The number of nitrogens with zero attached hydrogens (tertiary/aromatic N) is 1. The van der Waals surface area contributed by atoms with Crippen LogP contribution in [0.4, 0.5) is 0 Å².